The van der Waals surface area contributed by atoms with Gasteiger partial charge >= 0.3 is 0 Å². The normalized spacial score (nSPS) is 18.1. The van der Waals surface area contributed by atoms with Gasteiger partial charge in [0.2, 0.25) is 10.0 Å². The Morgan fingerprint density at radius 3 is 2.84 bits per heavy atom. The van der Waals surface area contributed by atoms with Gasteiger partial charge in [-0.3, -0.25) is 4.99 Å². The van der Waals surface area contributed by atoms with Gasteiger partial charge in [-0.2, -0.15) is 0 Å². The first-order chi connectivity index (χ1) is 12.1. The van der Waals surface area contributed by atoms with Crippen LogP contribution < -0.4 is 14.9 Å². The highest BCUT2D eigenvalue weighted by atomic mass is 32.2. The van der Waals surface area contributed by atoms with Gasteiger partial charge in [0.1, 0.15) is 0 Å². The molecule has 25 heavy (non-hydrogen) atoms. The number of sulfonamides is 1. The van der Waals surface area contributed by atoms with Gasteiger partial charge in [0.15, 0.2) is 5.96 Å². The summed E-state index contributed by atoms with van der Waals surface area (Å²) in [6, 6.07) is 8.29. The van der Waals surface area contributed by atoms with Gasteiger partial charge in [-0.05, 0) is 43.7 Å². The van der Waals surface area contributed by atoms with E-state index in [1.54, 1.807) is 0 Å². The molecule has 1 aromatic carbocycles. The Balaban J connectivity index is 1.59. The molecule has 1 fully saturated rings. The lowest BCUT2D eigenvalue weighted by atomic mass is 9.86. The number of hydrogen-bond acceptors (Lipinski definition) is 3. The molecule has 1 aliphatic heterocycles. The number of anilines is 1. The molecular formula is C18H28N4O2S. The number of rotatable bonds is 7. The first-order valence-corrected chi connectivity index (χ1v) is 10.9. The number of benzene rings is 1. The van der Waals surface area contributed by atoms with Crippen LogP contribution in [0.3, 0.4) is 0 Å². The molecule has 0 atom stereocenters. The maximum Gasteiger partial charge on any atom is 0.213 e. The average Bonchev–Trinajstić information content (AvgIpc) is 2.96. The molecule has 1 aliphatic carbocycles. The summed E-state index contributed by atoms with van der Waals surface area (Å²) in [4.78, 5) is 6.70. The first-order valence-electron chi connectivity index (χ1n) is 9.20. The van der Waals surface area contributed by atoms with Crippen LogP contribution in [0, 0.1) is 5.92 Å². The molecule has 3 rings (SSSR count). The fraction of sp³-hybridized carbons (Fsp3) is 0.611. The molecule has 0 amide bonds. The summed E-state index contributed by atoms with van der Waals surface area (Å²) in [5.41, 5.74) is 2.47. The largest absolute Gasteiger partial charge is 0.356 e. The monoisotopic (exact) mass is 364 g/mol. The van der Waals surface area contributed by atoms with E-state index in [0.717, 1.165) is 44.0 Å². The minimum Gasteiger partial charge on any atom is -0.356 e. The minimum atomic E-state index is -3.25. The second-order valence-corrected chi connectivity index (χ2v) is 8.66. The molecule has 0 radical (unpaired) electrons. The van der Waals surface area contributed by atoms with Crippen LogP contribution in [0.1, 0.15) is 31.7 Å². The topological polar surface area (TPSA) is 73.8 Å². The lowest BCUT2D eigenvalue weighted by molar-refractivity contribution is 0.316. The molecule has 1 aromatic rings. The second-order valence-electron chi connectivity index (χ2n) is 6.73. The standard InChI is InChI=1S/C18H28N4O2S/c1-2-19-18(22-12-10-16-8-3-4-9-17(16)22)20-11-13-25(23,24)21-14-15-6-5-7-15/h3-4,8-9,15,21H,2,5-7,10-14H2,1H3,(H,19,20). The Morgan fingerprint density at radius 1 is 1.32 bits per heavy atom. The molecule has 0 bridgehead atoms. The Hall–Kier alpha value is -1.60. The van der Waals surface area contributed by atoms with E-state index in [1.807, 2.05) is 19.1 Å². The summed E-state index contributed by atoms with van der Waals surface area (Å²) >= 11 is 0. The van der Waals surface area contributed by atoms with Crippen LogP contribution in [-0.2, 0) is 16.4 Å². The smallest absolute Gasteiger partial charge is 0.213 e. The Morgan fingerprint density at radius 2 is 2.12 bits per heavy atom. The quantitative estimate of drug-likeness (QED) is 0.571. The van der Waals surface area contributed by atoms with Gasteiger partial charge in [0.05, 0.1) is 12.3 Å². The van der Waals surface area contributed by atoms with Crippen molar-refractivity contribution in [3.05, 3.63) is 29.8 Å². The minimum absolute atomic E-state index is 0.0318. The zero-order valence-electron chi connectivity index (χ0n) is 14.9. The van der Waals surface area contributed by atoms with Crippen LogP contribution in [0.2, 0.25) is 0 Å². The van der Waals surface area contributed by atoms with Crippen LogP contribution in [0.15, 0.2) is 29.3 Å². The molecule has 0 aromatic heterocycles. The Kier molecular flexibility index (Phi) is 5.96. The summed E-state index contributed by atoms with van der Waals surface area (Å²) in [6.45, 7) is 4.49. The number of nitrogens with one attached hydrogen (secondary N) is 2. The van der Waals surface area contributed by atoms with Gasteiger partial charge in [0.25, 0.3) is 0 Å². The van der Waals surface area contributed by atoms with Crippen molar-refractivity contribution in [1.29, 1.82) is 0 Å². The summed E-state index contributed by atoms with van der Waals surface area (Å²) in [7, 11) is -3.25. The molecule has 1 saturated carbocycles. The average molecular weight is 365 g/mol. The molecule has 0 unspecified atom stereocenters. The zero-order valence-corrected chi connectivity index (χ0v) is 15.7. The van der Waals surface area contributed by atoms with Gasteiger partial charge in [-0.25, -0.2) is 13.1 Å². The predicted octanol–water partition coefficient (Wildman–Crippen LogP) is 1.73. The van der Waals surface area contributed by atoms with Crippen molar-refractivity contribution in [2.45, 2.75) is 32.6 Å². The summed E-state index contributed by atoms with van der Waals surface area (Å²) < 4.78 is 27.0. The van der Waals surface area contributed by atoms with Crippen molar-refractivity contribution in [3.8, 4) is 0 Å². The molecule has 1 heterocycles. The van der Waals surface area contributed by atoms with Gasteiger partial charge < -0.3 is 10.2 Å². The summed E-state index contributed by atoms with van der Waals surface area (Å²) in [5, 5.41) is 3.28. The van der Waals surface area contributed by atoms with Crippen LogP contribution >= 0.6 is 0 Å². The van der Waals surface area contributed by atoms with E-state index in [9.17, 15) is 8.42 Å². The molecular weight excluding hydrogens is 336 g/mol. The van der Waals surface area contributed by atoms with Gasteiger partial charge in [-0.1, -0.05) is 24.6 Å². The maximum atomic E-state index is 12.1. The van der Waals surface area contributed by atoms with Crippen molar-refractivity contribution in [3.63, 3.8) is 0 Å². The number of hydrogen-bond donors (Lipinski definition) is 2. The number of nitrogens with zero attached hydrogens (tertiary/aromatic N) is 2. The molecule has 0 spiro atoms. The maximum absolute atomic E-state index is 12.1. The molecule has 7 heteroatoms. The third kappa shape index (κ3) is 4.73. The second kappa shape index (κ2) is 8.19. The van der Waals surface area contributed by atoms with Crippen LogP contribution in [-0.4, -0.2) is 46.3 Å². The van der Waals surface area contributed by atoms with Crippen LogP contribution in [0.4, 0.5) is 5.69 Å². The number of aliphatic imine (C=N–C) groups is 1. The Labute approximate surface area is 150 Å². The first kappa shape index (κ1) is 18.2. The fourth-order valence-corrected chi connectivity index (χ4v) is 4.20. The van der Waals surface area contributed by atoms with Crippen molar-refractivity contribution in [1.82, 2.24) is 10.0 Å². The SMILES string of the molecule is CCNC(=NCCS(=O)(=O)NCC1CCC1)N1CCc2ccccc21. The van der Waals surface area contributed by atoms with Crippen LogP contribution in [0.25, 0.3) is 0 Å². The van der Waals surface area contributed by atoms with E-state index in [-0.39, 0.29) is 12.3 Å². The number of guanidine groups is 1. The van der Waals surface area contributed by atoms with E-state index in [2.05, 4.69) is 32.1 Å². The van der Waals surface area contributed by atoms with Crippen molar-refractivity contribution in [2.24, 2.45) is 10.9 Å². The van der Waals surface area contributed by atoms with Crippen molar-refractivity contribution >= 4 is 21.7 Å². The van der Waals surface area contributed by atoms with Crippen molar-refractivity contribution < 1.29 is 8.42 Å². The van der Waals surface area contributed by atoms with E-state index in [4.69, 9.17) is 0 Å². The molecule has 0 saturated heterocycles. The van der Waals surface area contributed by atoms with Crippen LogP contribution in [0.5, 0.6) is 0 Å². The molecule has 6 nitrogen and oxygen atoms in total. The zero-order chi connectivity index (χ0) is 17.7. The third-order valence-corrected chi connectivity index (χ3v) is 6.24. The summed E-state index contributed by atoms with van der Waals surface area (Å²) in [5.74, 6) is 1.32. The summed E-state index contributed by atoms with van der Waals surface area (Å²) in [6.07, 6.45) is 4.49. The third-order valence-electron chi connectivity index (χ3n) is 4.92. The molecule has 138 valence electrons. The number of fused-ring (bicyclic) bond motifs is 1. The van der Waals surface area contributed by atoms with Gasteiger partial charge in [-0.15, -0.1) is 0 Å². The highest BCUT2D eigenvalue weighted by Gasteiger charge is 2.23. The number of para-hydroxylation sites is 1. The predicted molar refractivity (Wildman–Crippen MR) is 103 cm³/mol. The van der Waals surface area contributed by atoms with E-state index >= 15 is 0 Å². The lowest BCUT2D eigenvalue weighted by Crippen LogP contribution is -2.41. The highest BCUT2D eigenvalue weighted by molar-refractivity contribution is 7.89. The highest BCUT2D eigenvalue weighted by Crippen LogP contribution is 2.27. The van der Waals surface area contributed by atoms with Crippen molar-refractivity contribution in [2.75, 3.05) is 36.8 Å². The van der Waals surface area contributed by atoms with E-state index in [1.165, 1.54) is 12.0 Å². The lowest BCUT2D eigenvalue weighted by Gasteiger charge is -2.25. The van der Waals surface area contributed by atoms with Gasteiger partial charge in [0, 0.05) is 25.3 Å². The Bertz CT molecular complexity index is 714. The van der Waals surface area contributed by atoms with E-state index in [0.29, 0.717) is 12.5 Å². The molecule has 2 aliphatic rings. The molecule has 2 N–H and O–H groups in total. The van der Waals surface area contributed by atoms with E-state index < -0.39 is 10.0 Å². The fourth-order valence-electron chi connectivity index (χ4n) is 3.24.